The van der Waals surface area contributed by atoms with Crippen LogP contribution in [-0.2, 0) is 6.54 Å². The zero-order valence-corrected chi connectivity index (χ0v) is 16.9. The van der Waals surface area contributed by atoms with Gasteiger partial charge in [-0.25, -0.2) is 9.48 Å². The smallest absolute Gasteiger partial charge is 0.319 e. The molecule has 0 unspecified atom stereocenters. The average molecular weight is 408 g/mol. The van der Waals surface area contributed by atoms with Crippen molar-refractivity contribution in [1.82, 2.24) is 15.1 Å². The van der Waals surface area contributed by atoms with Crippen LogP contribution in [0.3, 0.4) is 0 Å². The molecule has 30 heavy (non-hydrogen) atoms. The fourth-order valence-corrected chi connectivity index (χ4v) is 2.89. The largest absolute Gasteiger partial charge is 0.493 e. The van der Waals surface area contributed by atoms with E-state index in [1.54, 1.807) is 31.4 Å². The fraction of sp³-hybridized carbons (Fsp3) is 0.227. The van der Waals surface area contributed by atoms with Gasteiger partial charge < -0.3 is 20.1 Å². The molecule has 0 atom stereocenters. The van der Waals surface area contributed by atoms with E-state index in [0.29, 0.717) is 36.7 Å². The molecule has 0 fully saturated rings. The summed E-state index contributed by atoms with van der Waals surface area (Å²) in [6.07, 6.45) is 0.560. The number of benzene rings is 2. The van der Waals surface area contributed by atoms with Gasteiger partial charge in [0.2, 0.25) is 0 Å². The van der Waals surface area contributed by atoms with Gasteiger partial charge in [-0.1, -0.05) is 30.3 Å². The second-order valence-electron chi connectivity index (χ2n) is 6.45. The molecule has 8 nitrogen and oxygen atoms in total. The van der Waals surface area contributed by atoms with Gasteiger partial charge in [0.25, 0.3) is 5.56 Å². The predicted molar refractivity (Wildman–Crippen MR) is 115 cm³/mol. The Morgan fingerprint density at radius 3 is 2.50 bits per heavy atom. The molecule has 2 N–H and O–H groups in total. The Morgan fingerprint density at radius 1 is 1.00 bits per heavy atom. The second kappa shape index (κ2) is 10.1. The van der Waals surface area contributed by atoms with Crippen molar-refractivity contribution in [2.45, 2.75) is 13.0 Å². The number of urea groups is 1. The molecule has 0 aliphatic heterocycles. The molecule has 156 valence electrons. The highest BCUT2D eigenvalue weighted by atomic mass is 16.5. The summed E-state index contributed by atoms with van der Waals surface area (Å²) in [5, 5.41) is 9.92. The fourth-order valence-electron chi connectivity index (χ4n) is 2.89. The third-order valence-corrected chi connectivity index (χ3v) is 4.41. The van der Waals surface area contributed by atoms with E-state index in [-0.39, 0.29) is 11.6 Å². The van der Waals surface area contributed by atoms with Crippen molar-refractivity contribution in [2.24, 2.45) is 0 Å². The molecule has 0 radical (unpaired) electrons. The number of ether oxygens (including phenoxy) is 2. The van der Waals surface area contributed by atoms with Crippen molar-refractivity contribution in [3.63, 3.8) is 0 Å². The van der Waals surface area contributed by atoms with Crippen molar-refractivity contribution in [2.75, 3.05) is 26.1 Å². The third-order valence-electron chi connectivity index (χ3n) is 4.41. The first-order valence-corrected chi connectivity index (χ1v) is 9.51. The van der Waals surface area contributed by atoms with Gasteiger partial charge in [-0.05, 0) is 24.6 Å². The van der Waals surface area contributed by atoms with Gasteiger partial charge in [0.15, 0.2) is 11.5 Å². The van der Waals surface area contributed by atoms with Crippen LogP contribution in [0.25, 0.3) is 11.3 Å². The van der Waals surface area contributed by atoms with E-state index < -0.39 is 0 Å². The number of amides is 2. The number of nitrogens with one attached hydrogen (secondary N) is 2. The quantitative estimate of drug-likeness (QED) is 0.559. The topological polar surface area (TPSA) is 94.5 Å². The molecule has 0 aliphatic rings. The summed E-state index contributed by atoms with van der Waals surface area (Å²) in [5.41, 5.74) is 2.08. The van der Waals surface area contributed by atoms with E-state index in [2.05, 4.69) is 15.7 Å². The van der Waals surface area contributed by atoms with Gasteiger partial charge in [-0.2, -0.15) is 5.10 Å². The molecule has 2 aromatic carbocycles. The number of methoxy groups -OCH3 is 2. The summed E-state index contributed by atoms with van der Waals surface area (Å²) in [6, 6.07) is 17.6. The summed E-state index contributed by atoms with van der Waals surface area (Å²) in [5.74, 6) is 1.11. The minimum absolute atomic E-state index is 0.176. The Kier molecular flexibility index (Phi) is 7.05. The minimum Gasteiger partial charge on any atom is -0.493 e. The first-order valence-electron chi connectivity index (χ1n) is 9.51. The molecule has 3 rings (SSSR count). The van der Waals surface area contributed by atoms with Crippen LogP contribution in [0.2, 0.25) is 0 Å². The minimum atomic E-state index is -0.347. The number of hydrogen-bond acceptors (Lipinski definition) is 5. The normalized spacial score (nSPS) is 10.3. The molecular formula is C22H24N4O4. The summed E-state index contributed by atoms with van der Waals surface area (Å²) in [6.45, 7) is 0.791. The summed E-state index contributed by atoms with van der Waals surface area (Å²) >= 11 is 0. The molecule has 0 saturated heterocycles. The van der Waals surface area contributed by atoms with Gasteiger partial charge in [-0.15, -0.1) is 0 Å². The number of anilines is 1. The molecule has 0 saturated carbocycles. The van der Waals surface area contributed by atoms with E-state index in [1.807, 2.05) is 30.3 Å². The van der Waals surface area contributed by atoms with E-state index in [4.69, 9.17) is 9.47 Å². The zero-order valence-electron chi connectivity index (χ0n) is 16.9. The van der Waals surface area contributed by atoms with Crippen LogP contribution in [0.5, 0.6) is 11.5 Å². The van der Waals surface area contributed by atoms with Crippen LogP contribution in [-0.4, -0.2) is 36.6 Å². The Bertz CT molecular complexity index is 1050. The maximum Gasteiger partial charge on any atom is 0.319 e. The summed E-state index contributed by atoms with van der Waals surface area (Å²) in [4.78, 5) is 24.2. The Labute approximate surface area is 174 Å². The number of hydrogen-bond donors (Lipinski definition) is 2. The number of carbonyl (C=O) groups is 1. The molecule has 1 heterocycles. The van der Waals surface area contributed by atoms with Crippen LogP contribution in [0.1, 0.15) is 6.42 Å². The van der Waals surface area contributed by atoms with Gasteiger partial charge in [0.1, 0.15) is 0 Å². The first kappa shape index (κ1) is 20.9. The highest BCUT2D eigenvalue weighted by Crippen LogP contribution is 2.29. The molecule has 0 spiro atoms. The van der Waals surface area contributed by atoms with Crippen molar-refractivity contribution in [1.29, 1.82) is 0 Å². The van der Waals surface area contributed by atoms with Crippen LogP contribution in [0.15, 0.2) is 65.5 Å². The number of rotatable bonds is 8. The van der Waals surface area contributed by atoms with Crippen molar-refractivity contribution in [3.8, 4) is 22.8 Å². The lowest BCUT2D eigenvalue weighted by atomic mass is 10.1. The maximum atomic E-state index is 12.1. The van der Waals surface area contributed by atoms with Gasteiger partial charge in [0, 0.05) is 36.5 Å². The van der Waals surface area contributed by atoms with E-state index in [1.165, 1.54) is 17.9 Å². The molecule has 3 aromatic rings. The SMILES string of the molecule is COc1ccc(NC(=O)NCCCn2nc(-c3ccccc3)ccc2=O)cc1OC. The lowest BCUT2D eigenvalue weighted by molar-refractivity contribution is 0.251. The first-order chi connectivity index (χ1) is 14.6. The van der Waals surface area contributed by atoms with Gasteiger partial charge >= 0.3 is 6.03 Å². The zero-order chi connectivity index (χ0) is 21.3. The van der Waals surface area contributed by atoms with Crippen LogP contribution in [0, 0.1) is 0 Å². The highest BCUT2D eigenvalue weighted by Gasteiger charge is 2.07. The van der Waals surface area contributed by atoms with Crippen molar-refractivity contribution in [3.05, 3.63) is 71.0 Å². The number of aryl methyl sites for hydroxylation is 1. The average Bonchev–Trinajstić information content (AvgIpc) is 2.78. The molecule has 1 aromatic heterocycles. The molecule has 0 aliphatic carbocycles. The van der Waals surface area contributed by atoms with Gasteiger partial charge in [0.05, 0.1) is 19.9 Å². The monoisotopic (exact) mass is 408 g/mol. The standard InChI is InChI=1S/C22H24N4O4/c1-29-19-11-9-17(15-20(19)30-2)24-22(28)23-13-6-14-26-21(27)12-10-18(25-26)16-7-4-3-5-8-16/h3-5,7-12,15H,6,13-14H2,1-2H3,(H2,23,24,28). The van der Waals surface area contributed by atoms with E-state index >= 15 is 0 Å². The van der Waals surface area contributed by atoms with Crippen LogP contribution >= 0.6 is 0 Å². The second-order valence-corrected chi connectivity index (χ2v) is 6.45. The highest BCUT2D eigenvalue weighted by molar-refractivity contribution is 5.89. The van der Waals surface area contributed by atoms with Gasteiger partial charge in [-0.3, -0.25) is 4.79 Å². The predicted octanol–water partition coefficient (Wildman–Crippen LogP) is 3.14. The lowest BCUT2D eigenvalue weighted by Gasteiger charge is -2.11. The Morgan fingerprint density at radius 2 is 1.77 bits per heavy atom. The summed E-state index contributed by atoms with van der Waals surface area (Å²) in [7, 11) is 3.08. The Balaban J connectivity index is 1.51. The maximum absolute atomic E-state index is 12.1. The molecule has 2 amide bonds. The van der Waals surface area contributed by atoms with Crippen LogP contribution < -0.4 is 25.7 Å². The van der Waals surface area contributed by atoms with E-state index in [0.717, 1.165) is 11.3 Å². The third kappa shape index (κ3) is 5.38. The summed E-state index contributed by atoms with van der Waals surface area (Å²) < 4.78 is 11.8. The molecular weight excluding hydrogens is 384 g/mol. The number of nitrogens with zero attached hydrogens (tertiary/aromatic N) is 2. The van der Waals surface area contributed by atoms with Crippen molar-refractivity contribution < 1.29 is 14.3 Å². The van der Waals surface area contributed by atoms with Crippen molar-refractivity contribution >= 4 is 11.7 Å². The molecule has 0 bridgehead atoms. The lowest BCUT2D eigenvalue weighted by Crippen LogP contribution is -2.31. The van der Waals surface area contributed by atoms with Crippen LogP contribution in [0.4, 0.5) is 10.5 Å². The molecule has 8 heteroatoms. The number of carbonyl (C=O) groups excluding carboxylic acids is 1. The van der Waals surface area contributed by atoms with E-state index in [9.17, 15) is 9.59 Å². The Hall–Kier alpha value is -3.81. The number of aromatic nitrogens is 2.